The molecule has 0 aromatic heterocycles. The van der Waals surface area contributed by atoms with Crippen LogP contribution in [0, 0.1) is 11.3 Å². The maximum absolute atomic E-state index is 12.9. The van der Waals surface area contributed by atoms with Crippen LogP contribution in [0.4, 0.5) is 4.79 Å². The van der Waals surface area contributed by atoms with Crippen LogP contribution < -0.4 is 9.47 Å². The molecular weight excluding hydrogens is 470 g/mol. The standard InChI is InChI=1S/C25H23N3O6S/c1-32-21-12-17(6-7-20(21)34-16-23(29)27-8-10-33-11-9-27)13-22-24(30)28(25(31)35-22)15-19-5-3-2-4-18(19)14-26/h2-7,12-13H,8-11,15-16H2,1H3/b22-13-. The Kier molecular flexibility index (Phi) is 7.70. The number of imide groups is 1. The molecule has 0 spiro atoms. The van der Waals surface area contributed by atoms with Crippen LogP contribution in [0.1, 0.15) is 16.7 Å². The van der Waals surface area contributed by atoms with Gasteiger partial charge in [0.1, 0.15) is 0 Å². The average molecular weight is 494 g/mol. The van der Waals surface area contributed by atoms with E-state index in [2.05, 4.69) is 6.07 Å². The molecule has 0 atom stereocenters. The minimum absolute atomic E-state index is 0.0268. The predicted octanol–water partition coefficient (Wildman–Crippen LogP) is 3.04. The van der Waals surface area contributed by atoms with Crippen molar-refractivity contribution in [3.63, 3.8) is 0 Å². The van der Waals surface area contributed by atoms with Crippen molar-refractivity contribution >= 4 is 34.9 Å². The topological polar surface area (TPSA) is 109 Å². The molecule has 3 amide bonds. The Morgan fingerprint density at radius 2 is 1.94 bits per heavy atom. The van der Waals surface area contributed by atoms with Gasteiger partial charge >= 0.3 is 0 Å². The lowest BCUT2D eigenvalue weighted by atomic mass is 10.1. The van der Waals surface area contributed by atoms with Gasteiger partial charge in [0.05, 0.1) is 43.4 Å². The first kappa shape index (κ1) is 24.3. The van der Waals surface area contributed by atoms with Crippen LogP contribution in [-0.2, 0) is 20.9 Å². The van der Waals surface area contributed by atoms with Gasteiger partial charge in [0, 0.05) is 13.1 Å². The van der Waals surface area contributed by atoms with Gasteiger partial charge in [0.2, 0.25) is 0 Å². The van der Waals surface area contributed by atoms with Crippen LogP contribution >= 0.6 is 11.8 Å². The molecule has 2 fully saturated rings. The number of hydrogen-bond acceptors (Lipinski definition) is 8. The monoisotopic (exact) mass is 493 g/mol. The molecule has 9 nitrogen and oxygen atoms in total. The number of nitrogens with zero attached hydrogens (tertiary/aromatic N) is 3. The van der Waals surface area contributed by atoms with Crippen LogP contribution in [0.15, 0.2) is 47.4 Å². The van der Waals surface area contributed by atoms with Gasteiger partial charge < -0.3 is 19.1 Å². The molecule has 2 heterocycles. The maximum Gasteiger partial charge on any atom is 0.293 e. The molecule has 0 saturated carbocycles. The molecule has 2 aliphatic heterocycles. The van der Waals surface area contributed by atoms with Crippen LogP contribution in [0.2, 0.25) is 0 Å². The average Bonchev–Trinajstić information content (AvgIpc) is 3.15. The smallest absolute Gasteiger partial charge is 0.293 e. The molecule has 180 valence electrons. The Labute approximate surface area is 206 Å². The number of carbonyl (C=O) groups is 3. The number of rotatable bonds is 7. The molecule has 0 aliphatic carbocycles. The molecule has 10 heteroatoms. The van der Waals surface area contributed by atoms with Crippen LogP contribution in [-0.4, -0.2) is 66.9 Å². The van der Waals surface area contributed by atoms with E-state index in [-0.39, 0.29) is 24.0 Å². The largest absolute Gasteiger partial charge is 0.493 e. The summed E-state index contributed by atoms with van der Waals surface area (Å²) < 4.78 is 16.3. The summed E-state index contributed by atoms with van der Waals surface area (Å²) in [7, 11) is 1.48. The quantitative estimate of drug-likeness (QED) is 0.542. The van der Waals surface area contributed by atoms with Gasteiger partial charge in [-0.3, -0.25) is 19.3 Å². The van der Waals surface area contributed by atoms with Crippen LogP contribution in [0.25, 0.3) is 6.08 Å². The van der Waals surface area contributed by atoms with E-state index in [9.17, 15) is 19.6 Å². The second-order valence-electron chi connectivity index (χ2n) is 7.73. The highest BCUT2D eigenvalue weighted by atomic mass is 32.2. The summed E-state index contributed by atoms with van der Waals surface area (Å²) in [6.07, 6.45) is 1.60. The molecule has 0 unspecified atom stereocenters. The fourth-order valence-electron chi connectivity index (χ4n) is 3.66. The zero-order valence-electron chi connectivity index (χ0n) is 19.1. The van der Waals surface area contributed by atoms with Gasteiger partial charge in [-0.05, 0) is 47.2 Å². The van der Waals surface area contributed by atoms with Crippen molar-refractivity contribution < 1.29 is 28.6 Å². The molecule has 2 aromatic rings. The van der Waals surface area contributed by atoms with Crippen molar-refractivity contribution in [2.45, 2.75) is 6.54 Å². The highest BCUT2D eigenvalue weighted by Gasteiger charge is 2.35. The summed E-state index contributed by atoms with van der Waals surface area (Å²) in [4.78, 5) is 40.8. The zero-order valence-corrected chi connectivity index (χ0v) is 19.9. The van der Waals surface area contributed by atoms with Crippen molar-refractivity contribution in [3.05, 3.63) is 64.1 Å². The van der Waals surface area contributed by atoms with Crippen LogP contribution in [0.5, 0.6) is 11.5 Å². The number of ether oxygens (including phenoxy) is 3. The summed E-state index contributed by atoms with van der Waals surface area (Å²) in [5.41, 5.74) is 1.66. The van der Waals surface area contributed by atoms with Crippen LogP contribution in [0.3, 0.4) is 0 Å². The number of amides is 3. The second kappa shape index (κ2) is 11.1. The number of benzene rings is 2. The van der Waals surface area contributed by atoms with E-state index in [1.807, 2.05) is 0 Å². The summed E-state index contributed by atoms with van der Waals surface area (Å²) >= 11 is 0.840. The highest BCUT2D eigenvalue weighted by molar-refractivity contribution is 8.18. The summed E-state index contributed by atoms with van der Waals surface area (Å²) in [5, 5.41) is 8.87. The molecule has 35 heavy (non-hydrogen) atoms. The maximum atomic E-state index is 12.9. The molecule has 0 bridgehead atoms. The first-order chi connectivity index (χ1) is 17.0. The van der Waals surface area contributed by atoms with Gasteiger partial charge in [-0.25, -0.2) is 0 Å². The number of nitriles is 1. The third-order valence-corrected chi connectivity index (χ3v) is 6.45. The minimum atomic E-state index is -0.428. The number of morpholine rings is 1. The van der Waals surface area contributed by atoms with E-state index in [1.165, 1.54) is 7.11 Å². The lowest BCUT2D eigenvalue weighted by Crippen LogP contribution is -2.43. The summed E-state index contributed by atoms with van der Waals surface area (Å²) in [5.74, 6) is 0.234. The van der Waals surface area contributed by atoms with E-state index >= 15 is 0 Å². The van der Waals surface area contributed by atoms with Crippen molar-refractivity contribution in [2.75, 3.05) is 40.0 Å². The van der Waals surface area contributed by atoms with Crippen molar-refractivity contribution in [1.82, 2.24) is 9.80 Å². The number of carbonyl (C=O) groups excluding carboxylic acids is 3. The van der Waals surface area contributed by atoms with Gasteiger partial charge in [-0.15, -0.1) is 0 Å². The number of thioether (sulfide) groups is 1. The summed E-state index contributed by atoms with van der Waals surface area (Å²) in [6, 6.07) is 14.0. The summed E-state index contributed by atoms with van der Waals surface area (Å²) in [6.45, 7) is 2.00. The molecule has 2 aliphatic rings. The second-order valence-corrected chi connectivity index (χ2v) is 8.72. The van der Waals surface area contributed by atoms with Crippen molar-refractivity contribution in [1.29, 1.82) is 5.26 Å². The SMILES string of the molecule is COc1cc(/C=C2\SC(=O)N(Cc3ccccc3C#N)C2=O)ccc1OCC(=O)N1CCOCC1. The number of hydrogen-bond donors (Lipinski definition) is 0. The van der Waals surface area contributed by atoms with E-state index in [0.29, 0.717) is 54.5 Å². The molecule has 4 rings (SSSR count). The Morgan fingerprint density at radius 3 is 2.69 bits per heavy atom. The third-order valence-electron chi connectivity index (χ3n) is 5.54. The molecular formula is C25H23N3O6S. The van der Waals surface area contributed by atoms with E-state index in [0.717, 1.165) is 16.7 Å². The van der Waals surface area contributed by atoms with E-state index in [4.69, 9.17) is 14.2 Å². The highest BCUT2D eigenvalue weighted by Crippen LogP contribution is 2.35. The lowest BCUT2D eigenvalue weighted by Gasteiger charge is -2.26. The van der Waals surface area contributed by atoms with Gasteiger partial charge in [-0.2, -0.15) is 5.26 Å². The first-order valence-electron chi connectivity index (χ1n) is 10.9. The first-order valence-corrected chi connectivity index (χ1v) is 11.7. The Bertz CT molecular complexity index is 1220. The number of methoxy groups -OCH3 is 1. The molecule has 0 N–H and O–H groups in total. The van der Waals surface area contributed by atoms with E-state index in [1.54, 1.807) is 53.4 Å². The van der Waals surface area contributed by atoms with E-state index < -0.39 is 11.1 Å². The molecule has 0 radical (unpaired) electrons. The third kappa shape index (κ3) is 5.65. The van der Waals surface area contributed by atoms with Gasteiger partial charge in [-0.1, -0.05) is 24.3 Å². The predicted molar refractivity (Wildman–Crippen MR) is 129 cm³/mol. The molecule has 2 aromatic carbocycles. The zero-order chi connectivity index (χ0) is 24.8. The fourth-order valence-corrected chi connectivity index (χ4v) is 4.50. The van der Waals surface area contributed by atoms with Gasteiger partial charge in [0.15, 0.2) is 18.1 Å². The Balaban J connectivity index is 1.45. The van der Waals surface area contributed by atoms with Crippen molar-refractivity contribution in [3.8, 4) is 17.6 Å². The van der Waals surface area contributed by atoms with Crippen molar-refractivity contribution in [2.24, 2.45) is 0 Å². The minimum Gasteiger partial charge on any atom is -0.493 e. The molecule has 2 saturated heterocycles. The van der Waals surface area contributed by atoms with Gasteiger partial charge in [0.25, 0.3) is 17.1 Å². The normalized spacial score (nSPS) is 17.0. The Hall–Kier alpha value is -3.81. The lowest BCUT2D eigenvalue weighted by molar-refractivity contribution is -0.137. The Morgan fingerprint density at radius 1 is 1.17 bits per heavy atom. The fraction of sp³-hybridized carbons (Fsp3) is 0.280.